The number of carboxylic acids is 1. The minimum Gasteiger partial charge on any atom is -0.481 e. The Hall–Kier alpha value is -1.08. The number of rotatable bonds is 6. The Bertz CT molecular complexity index is 268. The first-order chi connectivity index (χ1) is 7.07. The molecule has 1 aliphatic rings. The monoisotopic (exact) mass is 210 g/mol. The molecule has 0 amide bonds. The zero-order valence-corrected chi connectivity index (χ0v) is 9.31. The van der Waals surface area contributed by atoms with Crippen molar-refractivity contribution < 1.29 is 9.90 Å². The number of hydrogen-bond donors (Lipinski definition) is 1. The van der Waals surface area contributed by atoms with Gasteiger partial charge in [-0.05, 0) is 19.8 Å². The Balaban J connectivity index is 2.54. The van der Waals surface area contributed by atoms with Crippen LogP contribution in [0.5, 0.6) is 0 Å². The molecule has 0 aliphatic heterocycles. The van der Waals surface area contributed by atoms with Crippen LogP contribution in [0.1, 0.15) is 33.1 Å². The van der Waals surface area contributed by atoms with E-state index < -0.39 is 5.97 Å². The van der Waals surface area contributed by atoms with E-state index in [1.807, 2.05) is 6.92 Å². The molecule has 1 fully saturated rings. The zero-order chi connectivity index (χ0) is 11.4. The van der Waals surface area contributed by atoms with Crippen LogP contribution in [0.4, 0.5) is 0 Å². The highest BCUT2D eigenvalue weighted by Gasteiger charge is 2.35. The molecule has 1 rings (SSSR count). The normalized spacial score (nSPS) is 19.6. The lowest BCUT2D eigenvalue weighted by atomic mass is 10.0. The van der Waals surface area contributed by atoms with Crippen LogP contribution < -0.4 is 0 Å². The Morgan fingerprint density at radius 1 is 1.60 bits per heavy atom. The van der Waals surface area contributed by atoms with Gasteiger partial charge in [0.05, 0.1) is 12.0 Å². The molecule has 15 heavy (non-hydrogen) atoms. The smallest absolute Gasteiger partial charge is 0.307 e. The highest BCUT2D eigenvalue weighted by Crippen LogP contribution is 2.30. The first-order valence-corrected chi connectivity index (χ1v) is 5.43. The fourth-order valence-electron chi connectivity index (χ4n) is 1.80. The standard InChI is InChI=1S/C11H18N2O2/c1-8(11(14)15)9(2)13(7-3-6-12)10-4-5-10/h8-10H,3-5,7H2,1-2H3,(H,14,15). The third-order valence-corrected chi connectivity index (χ3v) is 3.13. The maximum absolute atomic E-state index is 10.9. The number of nitriles is 1. The number of hydrogen-bond acceptors (Lipinski definition) is 3. The van der Waals surface area contributed by atoms with E-state index in [2.05, 4.69) is 11.0 Å². The van der Waals surface area contributed by atoms with Crippen molar-refractivity contribution in [2.45, 2.75) is 45.2 Å². The Kier molecular flexibility index (Phi) is 4.10. The van der Waals surface area contributed by atoms with E-state index >= 15 is 0 Å². The molecule has 0 radical (unpaired) electrons. The highest BCUT2D eigenvalue weighted by molar-refractivity contribution is 5.70. The summed E-state index contributed by atoms with van der Waals surface area (Å²) in [5.74, 6) is -1.13. The Labute approximate surface area is 90.5 Å². The number of nitrogens with zero attached hydrogens (tertiary/aromatic N) is 2. The predicted octanol–water partition coefficient (Wildman–Crippen LogP) is 1.47. The van der Waals surface area contributed by atoms with Crippen LogP contribution in [-0.2, 0) is 4.79 Å². The summed E-state index contributed by atoms with van der Waals surface area (Å²) in [5, 5.41) is 17.5. The largest absolute Gasteiger partial charge is 0.481 e. The number of aliphatic carboxylic acids is 1. The maximum atomic E-state index is 10.9. The summed E-state index contributed by atoms with van der Waals surface area (Å²) in [4.78, 5) is 13.0. The van der Waals surface area contributed by atoms with Gasteiger partial charge in [-0.1, -0.05) is 6.92 Å². The molecular weight excluding hydrogens is 192 g/mol. The Morgan fingerprint density at radius 3 is 2.60 bits per heavy atom. The summed E-state index contributed by atoms with van der Waals surface area (Å²) in [6, 6.07) is 2.64. The lowest BCUT2D eigenvalue weighted by Crippen LogP contribution is -2.42. The lowest BCUT2D eigenvalue weighted by molar-refractivity contribution is -0.143. The summed E-state index contributed by atoms with van der Waals surface area (Å²) in [6.07, 6.45) is 2.76. The van der Waals surface area contributed by atoms with Gasteiger partial charge in [0.1, 0.15) is 0 Å². The molecule has 0 bridgehead atoms. The van der Waals surface area contributed by atoms with Crippen molar-refractivity contribution in [1.29, 1.82) is 5.26 Å². The van der Waals surface area contributed by atoms with Gasteiger partial charge in [-0.25, -0.2) is 0 Å². The van der Waals surface area contributed by atoms with E-state index in [9.17, 15) is 4.79 Å². The van der Waals surface area contributed by atoms with Crippen LogP contribution in [0, 0.1) is 17.2 Å². The van der Waals surface area contributed by atoms with Gasteiger partial charge in [-0.15, -0.1) is 0 Å². The number of carboxylic acid groups (broad SMARTS) is 1. The minimum atomic E-state index is -0.759. The molecule has 0 saturated heterocycles. The topological polar surface area (TPSA) is 64.3 Å². The van der Waals surface area contributed by atoms with Crippen LogP contribution in [-0.4, -0.2) is 34.6 Å². The quantitative estimate of drug-likeness (QED) is 0.721. The van der Waals surface area contributed by atoms with Crippen LogP contribution in [0.15, 0.2) is 0 Å². The molecular formula is C11H18N2O2. The summed E-state index contributed by atoms with van der Waals surface area (Å²) in [6.45, 7) is 4.36. The highest BCUT2D eigenvalue weighted by atomic mass is 16.4. The molecule has 4 nitrogen and oxygen atoms in total. The van der Waals surface area contributed by atoms with Gasteiger partial charge in [0, 0.05) is 25.0 Å². The molecule has 0 aromatic carbocycles. The van der Waals surface area contributed by atoms with Gasteiger partial charge in [0.2, 0.25) is 0 Å². The summed E-state index contributed by atoms with van der Waals surface area (Å²) >= 11 is 0. The SMILES string of the molecule is CC(C(=O)O)C(C)N(CCC#N)C1CC1. The lowest BCUT2D eigenvalue weighted by Gasteiger charge is -2.30. The van der Waals surface area contributed by atoms with Crippen molar-refractivity contribution in [3.8, 4) is 6.07 Å². The molecule has 0 aromatic rings. The van der Waals surface area contributed by atoms with Crippen molar-refractivity contribution >= 4 is 5.97 Å². The zero-order valence-electron chi connectivity index (χ0n) is 9.31. The van der Waals surface area contributed by atoms with Crippen molar-refractivity contribution in [1.82, 2.24) is 4.90 Å². The van der Waals surface area contributed by atoms with Crippen LogP contribution in [0.25, 0.3) is 0 Å². The molecule has 2 unspecified atom stereocenters. The molecule has 2 atom stereocenters. The Morgan fingerprint density at radius 2 is 2.20 bits per heavy atom. The molecule has 0 aromatic heterocycles. The van der Waals surface area contributed by atoms with Gasteiger partial charge >= 0.3 is 5.97 Å². The van der Waals surface area contributed by atoms with Crippen molar-refractivity contribution in [3.05, 3.63) is 0 Å². The van der Waals surface area contributed by atoms with Gasteiger partial charge < -0.3 is 5.11 Å². The van der Waals surface area contributed by atoms with Gasteiger partial charge in [0.15, 0.2) is 0 Å². The molecule has 0 heterocycles. The van der Waals surface area contributed by atoms with E-state index in [1.54, 1.807) is 6.92 Å². The second-order valence-corrected chi connectivity index (χ2v) is 4.24. The third-order valence-electron chi connectivity index (χ3n) is 3.13. The van der Waals surface area contributed by atoms with E-state index in [0.29, 0.717) is 19.0 Å². The summed E-state index contributed by atoms with van der Waals surface area (Å²) < 4.78 is 0. The van der Waals surface area contributed by atoms with Gasteiger partial charge in [-0.3, -0.25) is 9.69 Å². The van der Waals surface area contributed by atoms with Gasteiger partial charge in [-0.2, -0.15) is 5.26 Å². The molecule has 84 valence electrons. The molecule has 4 heteroatoms. The van der Waals surface area contributed by atoms with Crippen molar-refractivity contribution in [2.24, 2.45) is 5.92 Å². The van der Waals surface area contributed by atoms with Crippen molar-refractivity contribution in [3.63, 3.8) is 0 Å². The second kappa shape index (κ2) is 5.13. The minimum absolute atomic E-state index is 0.0170. The van der Waals surface area contributed by atoms with Crippen LogP contribution in [0.2, 0.25) is 0 Å². The third kappa shape index (κ3) is 3.21. The van der Waals surface area contributed by atoms with E-state index in [4.69, 9.17) is 10.4 Å². The average molecular weight is 210 g/mol. The summed E-state index contributed by atoms with van der Waals surface area (Å²) in [7, 11) is 0. The van der Waals surface area contributed by atoms with Gasteiger partial charge in [0.25, 0.3) is 0 Å². The first-order valence-electron chi connectivity index (χ1n) is 5.43. The maximum Gasteiger partial charge on any atom is 0.307 e. The molecule has 1 aliphatic carbocycles. The van der Waals surface area contributed by atoms with E-state index in [-0.39, 0.29) is 12.0 Å². The summed E-state index contributed by atoms with van der Waals surface area (Å²) in [5.41, 5.74) is 0. The molecule has 1 saturated carbocycles. The molecule has 0 spiro atoms. The second-order valence-electron chi connectivity index (χ2n) is 4.24. The van der Waals surface area contributed by atoms with E-state index in [0.717, 1.165) is 12.8 Å². The predicted molar refractivity (Wildman–Crippen MR) is 56.2 cm³/mol. The fourth-order valence-corrected chi connectivity index (χ4v) is 1.80. The molecule has 1 N–H and O–H groups in total. The number of carbonyl (C=O) groups is 1. The van der Waals surface area contributed by atoms with Crippen LogP contribution in [0.3, 0.4) is 0 Å². The first kappa shape index (κ1) is 12.0. The van der Waals surface area contributed by atoms with Crippen LogP contribution >= 0.6 is 0 Å². The average Bonchev–Trinajstić information content (AvgIpc) is 3.00. The fraction of sp³-hybridized carbons (Fsp3) is 0.818. The van der Waals surface area contributed by atoms with E-state index in [1.165, 1.54) is 0 Å². The van der Waals surface area contributed by atoms with Crippen molar-refractivity contribution in [2.75, 3.05) is 6.54 Å².